The van der Waals surface area contributed by atoms with Gasteiger partial charge in [0.05, 0.1) is 21.1 Å². The van der Waals surface area contributed by atoms with Crippen LogP contribution in [0, 0.1) is 0 Å². The molecule has 7 heteroatoms. The molecular formula is C14H9Cl2NO4. The van der Waals surface area contributed by atoms with Crippen molar-refractivity contribution in [2.45, 2.75) is 19.4 Å². The number of aromatic carboxylic acids is 1. The molecule has 3 rings (SSSR count). The average Bonchev–Trinajstić information content (AvgIpc) is 2.40. The minimum Gasteiger partial charge on any atom is -0.477 e. The van der Waals surface area contributed by atoms with E-state index in [1.807, 2.05) is 0 Å². The van der Waals surface area contributed by atoms with Gasteiger partial charge >= 0.3 is 5.97 Å². The minimum atomic E-state index is -1.32. The van der Waals surface area contributed by atoms with Gasteiger partial charge in [0.1, 0.15) is 5.56 Å². The standard InChI is InChI=1S/C14H9Cl2NO4/c1-5-2-9(18)10-11(16)8(15)3-6-12(10)17(5)4-7(13(6)19)14(20)21/h3-5H,2H2,1H3,(H,20,21). The first kappa shape index (κ1) is 14.1. The molecule has 0 amide bonds. The predicted octanol–water partition coefficient (Wildman–Crippen LogP) is 3.15. The molecular weight excluding hydrogens is 317 g/mol. The maximum Gasteiger partial charge on any atom is 0.341 e. The van der Waals surface area contributed by atoms with Crippen LogP contribution in [-0.4, -0.2) is 21.4 Å². The van der Waals surface area contributed by atoms with Gasteiger partial charge in [-0.25, -0.2) is 4.79 Å². The van der Waals surface area contributed by atoms with Crippen molar-refractivity contribution in [1.82, 2.24) is 4.57 Å². The van der Waals surface area contributed by atoms with E-state index < -0.39 is 11.4 Å². The molecule has 1 aromatic carbocycles. The fraction of sp³-hybridized carbons (Fsp3) is 0.214. The van der Waals surface area contributed by atoms with Crippen molar-refractivity contribution >= 4 is 45.9 Å². The van der Waals surface area contributed by atoms with Crippen molar-refractivity contribution < 1.29 is 14.7 Å². The molecule has 0 saturated heterocycles. The fourth-order valence-electron chi connectivity index (χ4n) is 2.69. The third-order valence-electron chi connectivity index (χ3n) is 3.67. The van der Waals surface area contributed by atoms with Crippen LogP contribution in [0.15, 0.2) is 17.1 Å². The van der Waals surface area contributed by atoms with Crippen LogP contribution in [0.1, 0.15) is 40.1 Å². The monoisotopic (exact) mass is 325 g/mol. The summed E-state index contributed by atoms with van der Waals surface area (Å²) >= 11 is 12.1. The van der Waals surface area contributed by atoms with Crippen LogP contribution in [0.3, 0.4) is 0 Å². The van der Waals surface area contributed by atoms with Gasteiger partial charge in [0.25, 0.3) is 0 Å². The van der Waals surface area contributed by atoms with Gasteiger partial charge in [-0.05, 0) is 13.0 Å². The zero-order chi connectivity index (χ0) is 15.5. The number of carboxylic acids is 1. The first-order valence-electron chi connectivity index (χ1n) is 6.16. The van der Waals surface area contributed by atoms with Crippen LogP contribution in [-0.2, 0) is 0 Å². The Morgan fingerprint density at radius 1 is 1.38 bits per heavy atom. The van der Waals surface area contributed by atoms with Crippen molar-refractivity contribution in [3.8, 4) is 0 Å². The van der Waals surface area contributed by atoms with E-state index in [2.05, 4.69) is 0 Å². The van der Waals surface area contributed by atoms with Crippen LogP contribution in [0.2, 0.25) is 10.0 Å². The number of ketones is 1. The molecule has 108 valence electrons. The van der Waals surface area contributed by atoms with Gasteiger partial charge in [-0.1, -0.05) is 23.2 Å². The molecule has 5 nitrogen and oxygen atoms in total. The van der Waals surface area contributed by atoms with Gasteiger partial charge in [-0.15, -0.1) is 0 Å². The fourth-order valence-corrected chi connectivity index (χ4v) is 3.14. The van der Waals surface area contributed by atoms with Crippen molar-refractivity contribution in [2.24, 2.45) is 0 Å². The molecule has 0 saturated carbocycles. The number of benzene rings is 1. The van der Waals surface area contributed by atoms with E-state index in [1.54, 1.807) is 11.5 Å². The first-order valence-corrected chi connectivity index (χ1v) is 6.92. The van der Waals surface area contributed by atoms with Crippen LogP contribution in [0.5, 0.6) is 0 Å². The lowest BCUT2D eigenvalue weighted by Crippen LogP contribution is -2.26. The van der Waals surface area contributed by atoms with Crippen molar-refractivity contribution in [2.75, 3.05) is 0 Å². The van der Waals surface area contributed by atoms with E-state index in [0.29, 0.717) is 5.52 Å². The maximum atomic E-state index is 12.3. The Balaban J connectivity index is 2.62. The average molecular weight is 326 g/mol. The lowest BCUT2D eigenvalue weighted by atomic mass is 9.95. The number of rotatable bonds is 1. The number of hydrogen-bond acceptors (Lipinski definition) is 3. The number of carbonyl (C=O) groups excluding carboxylic acids is 1. The summed E-state index contributed by atoms with van der Waals surface area (Å²) in [5.74, 6) is -1.52. The Bertz CT molecular complexity index is 885. The van der Waals surface area contributed by atoms with Crippen LogP contribution < -0.4 is 5.43 Å². The van der Waals surface area contributed by atoms with Gasteiger partial charge in [-0.2, -0.15) is 0 Å². The molecule has 0 radical (unpaired) electrons. The Hall–Kier alpha value is -1.85. The molecule has 21 heavy (non-hydrogen) atoms. The molecule has 2 heterocycles. The van der Waals surface area contributed by atoms with E-state index in [0.717, 1.165) is 0 Å². The highest BCUT2D eigenvalue weighted by molar-refractivity contribution is 6.45. The molecule has 1 aromatic heterocycles. The second kappa shape index (κ2) is 4.58. The smallest absolute Gasteiger partial charge is 0.341 e. The molecule has 1 atom stereocenters. The molecule has 0 aliphatic carbocycles. The van der Waals surface area contributed by atoms with Crippen molar-refractivity contribution in [3.63, 3.8) is 0 Å². The summed E-state index contributed by atoms with van der Waals surface area (Å²) in [4.78, 5) is 35.7. The number of carboxylic acid groups (broad SMARTS) is 1. The van der Waals surface area contributed by atoms with E-state index in [4.69, 9.17) is 28.3 Å². The van der Waals surface area contributed by atoms with Crippen LogP contribution in [0.25, 0.3) is 10.9 Å². The van der Waals surface area contributed by atoms with Crippen LogP contribution >= 0.6 is 23.2 Å². The minimum absolute atomic E-state index is 0.0632. The maximum absolute atomic E-state index is 12.3. The summed E-state index contributed by atoms with van der Waals surface area (Å²) in [5.41, 5.74) is -0.488. The van der Waals surface area contributed by atoms with Gasteiger partial charge in [0, 0.05) is 24.0 Å². The van der Waals surface area contributed by atoms with E-state index in [1.165, 1.54) is 12.3 Å². The molecule has 1 aliphatic heterocycles. The second-order valence-corrected chi connectivity index (χ2v) is 5.79. The summed E-state index contributed by atoms with van der Waals surface area (Å²) in [6.45, 7) is 1.78. The number of carbonyl (C=O) groups is 2. The van der Waals surface area contributed by atoms with E-state index in [9.17, 15) is 14.4 Å². The highest BCUT2D eigenvalue weighted by Crippen LogP contribution is 2.38. The van der Waals surface area contributed by atoms with E-state index >= 15 is 0 Å². The highest BCUT2D eigenvalue weighted by Gasteiger charge is 2.30. The third-order valence-corrected chi connectivity index (χ3v) is 4.46. The van der Waals surface area contributed by atoms with Crippen LogP contribution in [0.4, 0.5) is 0 Å². The molecule has 0 spiro atoms. The quantitative estimate of drug-likeness (QED) is 0.873. The van der Waals surface area contributed by atoms with Gasteiger partial charge in [0.15, 0.2) is 5.78 Å². The Morgan fingerprint density at radius 2 is 2.05 bits per heavy atom. The molecule has 0 fully saturated rings. The molecule has 1 N–H and O–H groups in total. The Kier molecular flexibility index (Phi) is 3.07. The molecule has 0 bridgehead atoms. The number of pyridine rings is 1. The largest absolute Gasteiger partial charge is 0.477 e. The highest BCUT2D eigenvalue weighted by atomic mass is 35.5. The third kappa shape index (κ3) is 1.88. The Labute approximate surface area is 128 Å². The number of aromatic nitrogens is 1. The van der Waals surface area contributed by atoms with Gasteiger partial charge in [0.2, 0.25) is 5.43 Å². The number of Topliss-reactive ketones (excluding diaryl/α,β-unsaturated/α-hetero) is 1. The number of nitrogens with zero attached hydrogens (tertiary/aromatic N) is 1. The van der Waals surface area contributed by atoms with E-state index in [-0.39, 0.29) is 44.8 Å². The zero-order valence-electron chi connectivity index (χ0n) is 10.8. The summed E-state index contributed by atoms with van der Waals surface area (Å²) in [7, 11) is 0. The number of hydrogen-bond donors (Lipinski definition) is 1. The topological polar surface area (TPSA) is 76.4 Å². The normalized spacial score (nSPS) is 17.3. The zero-order valence-corrected chi connectivity index (χ0v) is 12.3. The summed E-state index contributed by atoms with van der Waals surface area (Å²) in [6, 6.07) is 1.06. The summed E-state index contributed by atoms with van der Waals surface area (Å²) in [6.07, 6.45) is 1.43. The predicted molar refractivity (Wildman–Crippen MR) is 78.8 cm³/mol. The lowest BCUT2D eigenvalue weighted by Gasteiger charge is -2.26. The molecule has 2 aromatic rings. The van der Waals surface area contributed by atoms with Gasteiger partial charge in [-0.3, -0.25) is 9.59 Å². The first-order chi connectivity index (χ1) is 9.82. The molecule has 1 unspecified atom stereocenters. The molecule has 1 aliphatic rings. The van der Waals surface area contributed by atoms with Crippen molar-refractivity contribution in [3.05, 3.63) is 43.7 Å². The second-order valence-electron chi connectivity index (χ2n) is 5.00. The van der Waals surface area contributed by atoms with Crippen molar-refractivity contribution in [1.29, 1.82) is 0 Å². The lowest BCUT2D eigenvalue weighted by molar-refractivity contribution is 0.0694. The van der Waals surface area contributed by atoms with Gasteiger partial charge < -0.3 is 9.67 Å². The summed E-state index contributed by atoms with van der Waals surface area (Å²) < 4.78 is 1.61. The summed E-state index contributed by atoms with van der Waals surface area (Å²) in [5, 5.41) is 9.41. The Morgan fingerprint density at radius 3 is 2.67 bits per heavy atom. The number of halogens is 2. The SMILES string of the molecule is CC1CC(=O)c2c(Cl)c(Cl)cc3c(=O)c(C(=O)O)cn1c23.